The van der Waals surface area contributed by atoms with Crippen molar-refractivity contribution in [1.29, 1.82) is 0 Å². The minimum atomic E-state index is -0.0929. The Kier molecular flexibility index (Phi) is 4.32. The number of hydrogen-bond donors (Lipinski definition) is 1. The molecule has 26 heavy (non-hydrogen) atoms. The molecule has 1 aliphatic rings. The number of carbonyl (C=O) groups excluding carboxylic acids is 1. The van der Waals surface area contributed by atoms with Crippen molar-refractivity contribution in [1.82, 2.24) is 29.3 Å². The number of rotatable bonds is 4. The van der Waals surface area contributed by atoms with E-state index in [1.807, 2.05) is 18.0 Å². The van der Waals surface area contributed by atoms with Crippen LogP contribution in [0.15, 0.2) is 35.4 Å². The molecular formula is C18H22N6O2. The van der Waals surface area contributed by atoms with Gasteiger partial charge in [0.1, 0.15) is 0 Å². The first-order valence-corrected chi connectivity index (χ1v) is 8.93. The van der Waals surface area contributed by atoms with E-state index in [2.05, 4.69) is 15.2 Å². The predicted octanol–water partition coefficient (Wildman–Crippen LogP) is 1.09. The fourth-order valence-electron chi connectivity index (χ4n) is 3.62. The van der Waals surface area contributed by atoms with Crippen LogP contribution in [-0.4, -0.2) is 48.3 Å². The first-order valence-electron chi connectivity index (χ1n) is 8.93. The molecule has 1 saturated heterocycles. The molecule has 0 spiro atoms. The van der Waals surface area contributed by atoms with E-state index in [1.54, 1.807) is 29.2 Å². The predicted molar refractivity (Wildman–Crippen MR) is 95.9 cm³/mol. The number of nitrogens with one attached hydrogen (secondary N) is 1. The van der Waals surface area contributed by atoms with Crippen LogP contribution >= 0.6 is 0 Å². The summed E-state index contributed by atoms with van der Waals surface area (Å²) in [5, 5.41) is 6.98. The summed E-state index contributed by atoms with van der Waals surface area (Å²) in [6.45, 7) is 1.42. The molecule has 0 radical (unpaired) electrons. The number of piperidine rings is 1. The standard InChI is InChI=1S/C18H22N6O2/c1-22-14(4-8-19-22)2-3-17(25)23-10-6-13(7-11-23)15-12-18(26)24-16(21-15)5-9-20-24/h4-5,8-9,12-13,20H,2-3,6-7,10-11H2,1H3. The maximum atomic E-state index is 12.5. The van der Waals surface area contributed by atoms with Crippen LogP contribution in [0.4, 0.5) is 0 Å². The lowest BCUT2D eigenvalue weighted by atomic mass is 9.93. The molecule has 1 fully saturated rings. The highest BCUT2D eigenvalue weighted by atomic mass is 16.2. The van der Waals surface area contributed by atoms with E-state index in [4.69, 9.17) is 0 Å². The van der Waals surface area contributed by atoms with Gasteiger partial charge in [0, 0.05) is 62.7 Å². The van der Waals surface area contributed by atoms with Crippen molar-refractivity contribution < 1.29 is 4.79 Å². The number of aromatic nitrogens is 5. The van der Waals surface area contributed by atoms with Crippen LogP contribution in [0.5, 0.6) is 0 Å². The van der Waals surface area contributed by atoms with Crippen LogP contribution < -0.4 is 5.56 Å². The lowest BCUT2D eigenvalue weighted by molar-refractivity contribution is -0.132. The summed E-state index contributed by atoms with van der Waals surface area (Å²) in [6, 6.07) is 5.34. The third kappa shape index (κ3) is 3.14. The van der Waals surface area contributed by atoms with Crippen molar-refractivity contribution in [2.24, 2.45) is 7.05 Å². The monoisotopic (exact) mass is 354 g/mol. The van der Waals surface area contributed by atoms with Crippen molar-refractivity contribution in [3.05, 3.63) is 52.3 Å². The number of hydrogen-bond acceptors (Lipinski definition) is 4. The number of aromatic amines is 1. The molecule has 0 unspecified atom stereocenters. The van der Waals surface area contributed by atoms with Gasteiger partial charge in [0.25, 0.3) is 5.56 Å². The maximum absolute atomic E-state index is 12.5. The minimum Gasteiger partial charge on any atom is -0.343 e. The van der Waals surface area contributed by atoms with Crippen molar-refractivity contribution in [2.75, 3.05) is 13.1 Å². The van der Waals surface area contributed by atoms with Crippen molar-refractivity contribution in [3.63, 3.8) is 0 Å². The Bertz CT molecular complexity index is 977. The second kappa shape index (κ2) is 6.78. The molecule has 4 heterocycles. The molecular weight excluding hydrogens is 332 g/mol. The zero-order valence-electron chi connectivity index (χ0n) is 14.8. The number of carbonyl (C=O) groups is 1. The Morgan fingerprint density at radius 3 is 2.85 bits per heavy atom. The highest BCUT2D eigenvalue weighted by Crippen LogP contribution is 2.26. The van der Waals surface area contributed by atoms with Gasteiger partial charge < -0.3 is 4.90 Å². The van der Waals surface area contributed by atoms with Gasteiger partial charge >= 0.3 is 0 Å². The molecule has 1 N–H and O–H groups in total. The summed E-state index contributed by atoms with van der Waals surface area (Å²) < 4.78 is 3.24. The summed E-state index contributed by atoms with van der Waals surface area (Å²) in [4.78, 5) is 31.1. The largest absolute Gasteiger partial charge is 0.343 e. The quantitative estimate of drug-likeness (QED) is 0.760. The van der Waals surface area contributed by atoms with Gasteiger partial charge in [-0.25, -0.2) is 9.50 Å². The first-order chi connectivity index (χ1) is 12.6. The second-order valence-corrected chi connectivity index (χ2v) is 6.78. The van der Waals surface area contributed by atoms with Gasteiger partial charge in [-0.2, -0.15) is 5.10 Å². The molecule has 0 bridgehead atoms. The van der Waals surface area contributed by atoms with Crippen LogP contribution in [0.25, 0.3) is 5.65 Å². The van der Waals surface area contributed by atoms with Crippen molar-refractivity contribution in [3.8, 4) is 0 Å². The summed E-state index contributed by atoms with van der Waals surface area (Å²) in [7, 11) is 1.89. The zero-order valence-corrected chi connectivity index (χ0v) is 14.8. The molecule has 0 aliphatic carbocycles. The average molecular weight is 354 g/mol. The Balaban J connectivity index is 1.36. The van der Waals surface area contributed by atoms with Crippen LogP contribution in [0, 0.1) is 0 Å². The minimum absolute atomic E-state index is 0.0929. The Morgan fingerprint density at radius 1 is 1.31 bits per heavy atom. The normalized spacial score (nSPS) is 15.7. The molecule has 8 heteroatoms. The number of likely N-dealkylation sites (tertiary alicyclic amines) is 1. The maximum Gasteiger partial charge on any atom is 0.272 e. The van der Waals surface area contributed by atoms with Gasteiger partial charge in [0.15, 0.2) is 5.65 Å². The van der Waals surface area contributed by atoms with E-state index in [0.29, 0.717) is 31.6 Å². The number of nitrogens with zero attached hydrogens (tertiary/aromatic N) is 5. The number of amides is 1. The lowest BCUT2D eigenvalue weighted by Gasteiger charge is -2.31. The molecule has 0 aromatic carbocycles. The fourth-order valence-corrected chi connectivity index (χ4v) is 3.62. The molecule has 3 aromatic rings. The number of fused-ring (bicyclic) bond motifs is 1. The topological polar surface area (TPSA) is 88.3 Å². The van der Waals surface area contributed by atoms with E-state index in [1.165, 1.54) is 4.52 Å². The van der Waals surface area contributed by atoms with Gasteiger partial charge in [0.05, 0.1) is 5.69 Å². The highest BCUT2D eigenvalue weighted by Gasteiger charge is 2.25. The number of aryl methyl sites for hydroxylation is 2. The Labute approximate surface area is 150 Å². The van der Waals surface area contributed by atoms with E-state index >= 15 is 0 Å². The average Bonchev–Trinajstić information content (AvgIpc) is 3.29. The lowest BCUT2D eigenvalue weighted by Crippen LogP contribution is -2.38. The molecule has 0 saturated carbocycles. The van der Waals surface area contributed by atoms with Gasteiger partial charge in [-0.15, -0.1) is 0 Å². The third-order valence-corrected chi connectivity index (χ3v) is 5.18. The van der Waals surface area contributed by atoms with Crippen LogP contribution in [0.1, 0.15) is 36.6 Å². The summed E-state index contributed by atoms with van der Waals surface area (Å²) in [6.07, 6.45) is 6.34. The summed E-state index contributed by atoms with van der Waals surface area (Å²) in [5.74, 6) is 0.405. The summed E-state index contributed by atoms with van der Waals surface area (Å²) in [5.41, 5.74) is 2.45. The molecule has 1 aliphatic heterocycles. The highest BCUT2D eigenvalue weighted by molar-refractivity contribution is 5.76. The van der Waals surface area contributed by atoms with E-state index in [-0.39, 0.29) is 17.4 Å². The Hall–Kier alpha value is -2.90. The van der Waals surface area contributed by atoms with Gasteiger partial charge in [0.2, 0.25) is 5.91 Å². The molecule has 8 nitrogen and oxygen atoms in total. The number of H-pyrrole nitrogens is 1. The van der Waals surface area contributed by atoms with E-state index in [0.717, 1.165) is 24.2 Å². The van der Waals surface area contributed by atoms with Crippen LogP contribution in [-0.2, 0) is 18.3 Å². The molecule has 1 amide bonds. The first kappa shape index (κ1) is 16.6. The Morgan fingerprint density at radius 2 is 2.12 bits per heavy atom. The van der Waals surface area contributed by atoms with E-state index < -0.39 is 0 Å². The fraction of sp³-hybridized carbons (Fsp3) is 0.444. The van der Waals surface area contributed by atoms with Gasteiger partial charge in [-0.05, 0) is 25.3 Å². The van der Waals surface area contributed by atoms with Crippen LogP contribution in [0.3, 0.4) is 0 Å². The van der Waals surface area contributed by atoms with Crippen molar-refractivity contribution in [2.45, 2.75) is 31.6 Å². The van der Waals surface area contributed by atoms with Gasteiger partial charge in [-0.3, -0.25) is 19.4 Å². The molecule has 0 atom stereocenters. The summed E-state index contributed by atoms with van der Waals surface area (Å²) >= 11 is 0. The second-order valence-electron chi connectivity index (χ2n) is 6.78. The molecule has 3 aromatic heterocycles. The van der Waals surface area contributed by atoms with Crippen molar-refractivity contribution >= 4 is 11.6 Å². The smallest absolute Gasteiger partial charge is 0.272 e. The van der Waals surface area contributed by atoms with Gasteiger partial charge in [-0.1, -0.05) is 0 Å². The van der Waals surface area contributed by atoms with Crippen LogP contribution in [0.2, 0.25) is 0 Å². The SMILES string of the molecule is Cn1nccc1CCC(=O)N1CCC(c2cc(=O)n3[nH]ccc3n2)CC1. The zero-order chi connectivity index (χ0) is 18.1. The molecule has 136 valence electrons. The molecule has 4 rings (SSSR count). The van der Waals surface area contributed by atoms with E-state index in [9.17, 15) is 9.59 Å². The third-order valence-electron chi connectivity index (χ3n) is 5.18.